The van der Waals surface area contributed by atoms with E-state index in [1.54, 1.807) is 0 Å². The zero-order chi connectivity index (χ0) is 5.15. The van der Waals surface area contributed by atoms with Gasteiger partial charge < -0.3 is 15.3 Å². The summed E-state index contributed by atoms with van der Waals surface area (Å²) in [6, 6.07) is 0. The van der Waals surface area contributed by atoms with E-state index < -0.39 is 12.0 Å². The molecule has 6 heavy (non-hydrogen) atoms. The number of hydrogen-bond acceptors (Lipinski definition) is 3. The fraction of sp³-hybridized carbons (Fsp3) is 0.333. The first-order valence-electron chi connectivity index (χ1n) is 1.38. The standard InChI is InChI=1S/C3H6O3/c1-2(4)3(5)6/h3-6H,1H2. The Labute approximate surface area is 35.2 Å². The monoisotopic (exact) mass is 90.0 g/mol. The normalized spacial score (nSPS) is 9.17. The Morgan fingerprint density at radius 2 is 1.67 bits per heavy atom. The molecule has 0 amide bonds. The van der Waals surface area contributed by atoms with Gasteiger partial charge in [-0.2, -0.15) is 0 Å². The molecule has 0 fully saturated rings. The maximum atomic E-state index is 7.94. The smallest absolute Gasteiger partial charge is 0.210 e. The summed E-state index contributed by atoms with van der Waals surface area (Å²) in [4.78, 5) is 0. The molecule has 3 N–H and O–H groups in total. The molecule has 0 aliphatic rings. The Bertz CT molecular complexity index is 57.1. The quantitative estimate of drug-likeness (QED) is 0.297. The molecule has 0 bridgehead atoms. The van der Waals surface area contributed by atoms with Crippen molar-refractivity contribution in [3.8, 4) is 0 Å². The van der Waals surface area contributed by atoms with E-state index >= 15 is 0 Å². The molecule has 36 valence electrons. The van der Waals surface area contributed by atoms with E-state index in [2.05, 4.69) is 6.58 Å². The second-order valence-corrected chi connectivity index (χ2v) is 0.865. The summed E-state index contributed by atoms with van der Waals surface area (Å²) in [5.74, 6) is -0.630. The van der Waals surface area contributed by atoms with Gasteiger partial charge in [-0.1, -0.05) is 6.58 Å². The Hall–Kier alpha value is -0.540. The second-order valence-electron chi connectivity index (χ2n) is 0.865. The number of aliphatic hydroxyl groups is 3. The molecule has 0 aromatic carbocycles. The molecule has 0 saturated carbocycles. The maximum Gasteiger partial charge on any atom is 0.210 e. The van der Waals surface area contributed by atoms with Crippen molar-refractivity contribution >= 4 is 0 Å². The van der Waals surface area contributed by atoms with Crippen LogP contribution in [0.2, 0.25) is 0 Å². The van der Waals surface area contributed by atoms with E-state index in [4.69, 9.17) is 15.3 Å². The average molecular weight is 90.1 g/mol. The molecule has 3 heteroatoms. The molecule has 0 aliphatic carbocycles. The van der Waals surface area contributed by atoms with Crippen molar-refractivity contribution in [2.24, 2.45) is 0 Å². The van der Waals surface area contributed by atoms with Crippen LogP contribution in [0.5, 0.6) is 0 Å². The minimum atomic E-state index is -1.79. The van der Waals surface area contributed by atoms with Gasteiger partial charge in [0.25, 0.3) is 0 Å². The van der Waals surface area contributed by atoms with Gasteiger partial charge >= 0.3 is 0 Å². The summed E-state index contributed by atoms with van der Waals surface area (Å²) in [6.45, 7) is 2.81. The molecule has 0 aliphatic heterocycles. The van der Waals surface area contributed by atoms with E-state index in [9.17, 15) is 0 Å². The minimum Gasteiger partial charge on any atom is -0.508 e. The first kappa shape index (κ1) is 5.46. The van der Waals surface area contributed by atoms with Gasteiger partial charge in [-0.25, -0.2) is 0 Å². The molecule has 0 atom stereocenters. The fourth-order valence-corrected chi connectivity index (χ4v) is 0. The van der Waals surface area contributed by atoms with E-state index in [0.29, 0.717) is 0 Å². The largest absolute Gasteiger partial charge is 0.508 e. The zero-order valence-electron chi connectivity index (χ0n) is 3.13. The Balaban J connectivity index is 3.26. The minimum absolute atomic E-state index is 0.630. The summed E-state index contributed by atoms with van der Waals surface area (Å²) < 4.78 is 0. The predicted molar refractivity (Wildman–Crippen MR) is 20.0 cm³/mol. The first-order chi connectivity index (χ1) is 2.64. The molecule has 0 aromatic heterocycles. The van der Waals surface area contributed by atoms with Crippen LogP contribution in [0.3, 0.4) is 0 Å². The van der Waals surface area contributed by atoms with Gasteiger partial charge in [-0.05, 0) is 0 Å². The van der Waals surface area contributed by atoms with Crippen molar-refractivity contribution in [2.75, 3.05) is 0 Å². The lowest BCUT2D eigenvalue weighted by Gasteiger charge is -1.94. The molecule has 0 saturated heterocycles. The van der Waals surface area contributed by atoms with Gasteiger partial charge in [0.1, 0.15) is 5.76 Å². The Morgan fingerprint density at radius 3 is 1.67 bits per heavy atom. The van der Waals surface area contributed by atoms with Crippen LogP contribution in [0.15, 0.2) is 12.3 Å². The van der Waals surface area contributed by atoms with E-state index in [1.165, 1.54) is 0 Å². The van der Waals surface area contributed by atoms with Crippen LogP contribution in [-0.2, 0) is 0 Å². The van der Waals surface area contributed by atoms with E-state index in [0.717, 1.165) is 0 Å². The maximum absolute atomic E-state index is 7.94. The fourth-order valence-electron chi connectivity index (χ4n) is 0. The van der Waals surface area contributed by atoms with Crippen LogP contribution >= 0.6 is 0 Å². The highest BCUT2D eigenvalue weighted by molar-refractivity contribution is 4.80. The SMILES string of the molecule is C=C(O)C(O)O. The highest BCUT2D eigenvalue weighted by Crippen LogP contribution is 1.84. The number of hydrogen-bond donors (Lipinski definition) is 3. The third kappa shape index (κ3) is 1.75. The third-order valence-electron chi connectivity index (χ3n) is 0.298. The van der Waals surface area contributed by atoms with E-state index in [1.807, 2.05) is 0 Å². The van der Waals surface area contributed by atoms with Gasteiger partial charge in [0.05, 0.1) is 0 Å². The molecule has 0 spiro atoms. The second kappa shape index (κ2) is 1.79. The topological polar surface area (TPSA) is 60.7 Å². The van der Waals surface area contributed by atoms with E-state index in [-0.39, 0.29) is 0 Å². The molecular formula is C3H6O3. The van der Waals surface area contributed by atoms with Gasteiger partial charge in [-0.15, -0.1) is 0 Å². The van der Waals surface area contributed by atoms with Crippen LogP contribution < -0.4 is 0 Å². The van der Waals surface area contributed by atoms with Crippen molar-refractivity contribution in [2.45, 2.75) is 6.29 Å². The van der Waals surface area contributed by atoms with Crippen molar-refractivity contribution in [1.82, 2.24) is 0 Å². The summed E-state index contributed by atoms with van der Waals surface area (Å²) in [7, 11) is 0. The average Bonchev–Trinajstić information content (AvgIpc) is 1.36. The van der Waals surface area contributed by atoms with Gasteiger partial charge in [0.15, 0.2) is 0 Å². The number of rotatable bonds is 1. The Morgan fingerprint density at radius 1 is 1.50 bits per heavy atom. The molecule has 3 nitrogen and oxygen atoms in total. The summed E-state index contributed by atoms with van der Waals surface area (Å²) in [5.41, 5.74) is 0. The zero-order valence-corrected chi connectivity index (χ0v) is 3.13. The molecule has 0 radical (unpaired) electrons. The van der Waals surface area contributed by atoms with Crippen molar-refractivity contribution < 1.29 is 15.3 Å². The highest BCUT2D eigenvalue weighted by atomic mass is 16.5. The highest BCUT2D eigenvalue weighted by Gasteiger charge is 1.95. The predicted octanol–water partition coefficient (Wildman–Crippen LogP) is -0.631. The van der Waals surface area contributed by atoms with Crippen molar-refractivity contribution in [3.63, 3.8) is 0 Å². The summed E-state index contributed by atoms with van der Waals surface area (Å²) >= 11 is 0. The van der Waals surface area contributed by atoms with Crippen molar-refractivity contribution in [3.05, 3.63) is 12.3 Å². The van der Waals surface area contributed by atoms with Crippen molar-refractivity contribution in [1.29, 1.82) is 0 Å². The summed E-state index contributed by atoms with van der Waals surface area (Å²) in [5, 5.41) is 23.6. The van der Waals surface area contributed by atoms with Crippen LogP contribution in [-0.4, -0.2) is 21.6 Å². The van der Waals surface area contributed by atoms with Crippen LogP contribution in [0, 0.1) is 0 Å². The first-order valence-corrected chi connectivity index (χ1v) is 1.38. The van der Waals surface area contributed by atoms with Gasteiger partial charge in [-0.3, -0.25) is 0 Å². The third-order valence-corrected chi connectivity index (χ3v) is 0.298. The lowest BCUT2D eigenvalue weighted by molar-refractivity contribution is -0.0363. The molecule has 0 heterocycles. The van der Waals surface area contributed by atoms with Gasteiger partial charge in [0.2, 0.25) is 6.29 Å². The van der Waals surface area contributed by atoms with Crippen LogP contribution in [0.4, 0.5) is 0 Å². The molecule has 0 rings (SSSR count). The van der Waals surface area contributed by atoms with Crippen LogP contribution in [0.1, 0.15) is 0 Å². The lowest BCUT2D eigenvalue weighted by atomic mass is 10.6. The van der Waals surface area contributed by atoms with Crippen LogP contribution in [0.25, 0.3) is 0 Å². The number of aliphatic hydroxyl groups excluding tert-OH is 2. The molecule has 0 unspecified atom stereocenters. The lowest BCUT2D eigenvalue weighted by Crippen LogP contribution is -2.05. The molecular weight excluding hydrogens is 84.0 g/mol. The molecule has 0 aromatic rings. The Kier molecular flexibility index (Phi) is 1.63. The summed E-state index contributed by atoms with van der Waals surface area (Å²) in [6.07, 6.45) is -1.79. The van der Waals surface area contributed by atoms with Gasteiger partial charge in [0, 0.05) is 0 Å².